The summed E-state index contributed by atoms with van der Waals surface area (Å²) in [5.74, 6) is 0.556. The van der Waals surface area contributed by atoms with Crippen LogP contribution in [0.15, 0.2) is 36.4 Å². The van der Waals surface area contributed by atoms with Crippen LogP contribution in [-0.4, -0.2) is 12.0 Å². The molecule has 0 aliphatic rings. The average molecular weight is 318 g/mol. The molecule has 0 aliphatic heterocycles. The Morgan fingerprint density at radius 3 is 2.36 bits per heavy atom. The van der Waals surface area contributed by atoms with Gasteiger partial charge in [-0.2, -0.15) is 0 Å². The second-order valence-corrected chi connectivity index (χ2v) is 5.87. The molecule has 0 aromatic heterocycles. The number of amides is 1. The zero-order chi connectivity index (χ0) is 16.3. The SMILES string of the molecule is Cc1ccc(Cl)cc1NC(=O)[C@H](C)Oc1c(C)cccc1C. The van der Waals surface area contributed by atoms with Gasteiger partial charge in [-0.15, -0.1) is 0 Å². The molecule has 2 aromatic rings. The number of hydrogen-bond acceptors (Lipinski definition) is 2. The normalized spacial score (nSPS) is 11.9. The van der Waals surface area contributed by atoms with E-state index in [1.54, 1.807) is 19.1 Å². The molecule has 0 fully saturated rings. The summed E-state index contributed by atoms with van der Waals surface area (Å²) in [6.07, 6.45) is -0.599. The fourth-order valence-corrected chi connectivity index (χ4v) is 2.35. The van der Waals surface area contributed by atoms with Gasteiger partial charge in [-0.3, -0.25) is 4.79 Å². The molecule has 0 saturated heterocycles. The number of halogens is 1. The van der Waals surface area contributed by atoms with Crippen molar-refractivity contribution in [3.05, 3.63) is 58.1 Å². The first-order valence-corrected chi connectivity index (χ1v) is 7.56. The van der Waals surface area contributed by atoms with Gasteiger partial charge < -0.3 is 10.1 Å². The molecule has 0 aliphatic carbocycles. The molecular formula is C18H20ClNO2. The number of hydrogen-bond donors (Lipinski definition) is 1. The van der Waals surface area contributed by atoms with Crippen LogP contribution in [0.3, 0.4) is 0 Å². The Kier molecular flexibility index (Phi) is 5.09. The second kappa shape index (κ2) is 6.84. The van der Waals surface area contributed by atoms with Crippen LogP contribution in [0.4, 0.5) is 5.69 Å². The van der Waals surface area contributed by atoms with Crippen LogP contribution in [0.1, 0.15) is 23.6 Å². The maximum atomic E-state index is 12.3. The van der Waals surface area contributed by atoms with Crippen molar-refractivity contribution in [1.29, 1.82) is 0 Å². The number of para-hydroxylation sites is 1. The van der Waals surface area contributed by atoms with Crippen LogP contribution in [0.2, 0.25) is 5.02 Å². The summed E-state index contributed by atoms with van der Waals surface area (Å²) in [6.45, 7) is 7.59. The predicted molar refractivity (Wildman–Crippen MR) is 90.8 cm³/mol. The summed E-state index contributed by atoms with van der Waals surface area (Å²) in [4.78, 5) is 12.3. The largest absolute Gasteiger partial charge is 0.480 e. The van der Waals surface area contributed by atoms with E-state index < -0.39 is 6.10 Å². The van der Waals surface area contributed by atoms with E-state index in [1.165, 1.54) is 0 Å². The van der Waals surface area contributed by atoms with Gasteiger partial charge in [-0.25, -0.2) is 0 Å². The zero-order valence-electron chi connectivity index (χ0n) is 13.2. The molecule has 0 heterocycles. The Hall–Kier alpha value is -2.00. The van der Waals surface area contributed by atoms with Gasteiger partial charge in [0.15, 0.2) is 6.10 Å². The number of carbonyl (C=O) groups excluding carboxylic acids is 1. The van der Waals surface area contributed by atoms with Crippen LogP contribution < -0.4 is 10.1 Å². The molecule has 2 aromatic carbocycles. The first kappa shape index (κ1) is 16.4. The van der Waals surface area contributed by atoms with E-state index in [0.29, 0.717) is 10.7 Å². The molecule has 2 rings (SSSR count). The highest BCUT2D eigenvalue weighted by atomic mass is 35.5. The molecule has 4 heteroatoms. The van der Waals surface area contributed by atoms with Gasteiger partial charge in [0.05, 0.1) is 0 Å². The predicted octanol–water partition coefficient (Wildman–Crippen LogP) is 4.67. The lowest BCUT2D eigenvalue weighted by Gasteiger charge is -2.18. The van der Waals surface area contributed by atoms with Crippen LogP contribution in [-0.2, 0) is 4.79 Å². The Morgan fingerprint density at radius 1 is 1.09 bits per heavy atom. The molecule has 1 amide bonds. The molecule has 1 N–H and O–H groups in total. The number of nitrogens with one attached hydrogen (secondary N) is 1. The van der Waals surface area contributed by atoms with E-state index in [2.05, 4.69) is 5.32 Å². The number of carbonyl (C=O) groups is 1. The van der Waals surface area contributed by atoms with Crippen molar-refractivity contribution in [3.63, 3.8) is 0 Å². The summed E-state index contributed by atoms with van der Waals surface area (Å²) in [5.41, 5.74) is 3.68. The van der Waals surface area contributed by atoms with Crippen molar-refractivity contribution >= 4 is 23.2 Å². The van der Waals surface area contributed by atoms with Gasteiger partial charge >= 0.3 is 0 Å². The first-order valence-electron chi connectivity index (χ1n) is 7.18. The molecule has 0 unspecified atom stereocenters. The average Bonchev–Trinajstić information content (AvgIpc) is 2.46. The molecule has 0 saturated carbocycles. The third kappa shape index (κ3) is 3.80. The summed E-state index contributed by atoms with van der Waals surface area (Å²) in [5, 5.41) is 3.45. The van der Waals surface area contributed by atoms with Crippen LogP contribution in [0, 0.1) is 20.8 Å². The van der Waals surface area contributed by atoms with E-state index in [-0.39, 0.29) is 5.91 Å². The van der Waals surface area contributed by atoms with E-state index in [0.717, 1.165) is 22.4 Å². The minimum Gasteiger partial charge on any atom is -0.480 e. The minimum absolute atomic E-state index is 0.201. The highest BCUT2D eigenvalue weighted by molar-refractivity contribution is 6.31. The van der Waals surface area contributed by atoms with Gasteiger partial charge in [-0.1, -0.05) is 35.9 Å². The summed E-state index contributed by atoms with van der Waals surface area (Å²) < 4.78 is 5.83. The molecule has 0 spiro atoms. The molecule has 116 valence electrons. The molecule has 3 nitrogen and oxygen atoms in total. The van der Waals surface area contributed by atoms with Gasteiger partial charge in [-0.05, 0) is 56.5 Å². The Morgan fingerprint density at radius 2 is 1.73 bits per heavy atom. The number of aryl methyl sites for hydroxylation is 3. The van der Waals surface area contributed by atoms with Gasteiger partial charge in [0, 0.05) is 10.7 Å². The molecular weight excluding hydrogens is 298 g/mol. The van der Waals surface area contributed by atoms with E-state index >= 15 is 0 Å². The van der Waals surface area contributed by atoms with E-state index in [4.69, 9.17) is 16.3 Å². The van der Waals surface area contributed by atoms with E-state index in [1.807, 2.05) is 45.0 Å². The quantitative estimate of drug-likeness (QED) is 0.889. The number of rotatable bonds is 4. The number of anilines is 1. The van der Waals surface area contributed by atoms with Crippen molar-refractivity contribution in [3.8, 4) is 5.75 Å². The lowest BCUT2D eigenvalue weighted by atomic mass is 10.1. The van der Waals surface area contributed by atoms with Crippen molar-refractivity contribution in [2.75, 3.05) is 5.32 Å². The summed E-state index contributed by atoms with van der Waals surface area (Å²) in [6, 6.07) is 11.3. The maximum absolute atomic E-state index is 12.3. The Bertz CT molecular complexity index is 677. The monoisotopic (exact) mass is 317 g/mol. The highest BCUT2D eigenvalue weighted by Gasteiger charge is 2.17. The molecule has 0 bridgehead atoms. The van der Waals surface area contributed by atoms with E-state index in [9.17, 15) is 4.79 Å². The van der Waals surface area contributed by atoms with Crippen LogP contribution in [0.25, 0.3) is 0 Å². The number of ether oxygens (including phenoxy) is 1. The van der Waals surface area contributed by atoms with Crippen molar-refractivity contribution < 1.29 is 9.53 Å². The van der Waals surface area contributed by atoms with Crippen molar-refractivity contribution in [2.45, 2.75) is 33.8 Å². The molecule has 0 radical (unpaired) electrons. The maximum Gasteiger partial charge on any atom is 0.265 e. The Labute approximate surface area is 136 Å². The van der Waals surface area contributed by atoms with Crippen LogP contribution in [0.5, 0.6) is 5.75 Å². The standard InChI is InChI=1S/C18H20ClNO2/c1-11-8-9-15(19)10-16(11)20-18(21)14(4)22-17-12(2)6-5-7-13(17)3/h5-10,14H,1-4H3,(H,20,21)/t14-/m0/s1. The summed E-state index contributed by atoms with van der Waals surface area (Å²) >= 11 is 5.97. The van der Waals surface area contributed by atoms with Crippen molar-refractivity contribution in [1.82, 2.24) is 0 Å². The lowest BCUT2D eigenvalue weighted by Crippen LogP contribution is -2.30. The third-order valence-electron chi connectivity index (χ3n) is 3.53. The fourth-order valence-electron chi connectivity index (χ4n) is 2.18. The topological polar surface area (TPSA) is 38.3 Å². The van der Waals surface area contributed by atoms with Gasteiger partial charge in [0.1, 0.15) is 5.75 Å². The highest BCUT2D eigenvalue weighted by Crippen LogP contribution is 2.24. The van der Waals surface area contributed by atoms with Crippen LogP contribution >= 0.6 is 11.6 Å². The van der Waals surface area contributed by atoms with Crippen molar-refractivity contribution in [2.24, 2.45) is 0 Å². The van der Waals surface area contributed by atoms with Gasteiger partial charge in [0.2, 0.25) is 0 Å². The zero-order valence-corrected chi connectivity index (χ0v) is 14.0. The third-order valence-corrected chi connectivity index (χ3v) is 3.77. The molecule has 22 heavy (non-hydrogen) atoms. The fraction of sp³-hybridized carbons (Fsp3) is 0.278. The number of benzene rings is 2. The Balaban J connectivity index is 2.11. The lowest BCUT2D eigenvalue weighted by molar-refractivity contribution is -0.122. The minimum atomic E-state index is -0.599. The van der Waals surface area contributed by atoms with Gasteiger partial charge in [0.25, 0.3) is 5.91 Å². The second-order valence-electron chi connectivity index (χ2n) is 5.43. The molecule has 1 atom stereocenters. The summed E-state index contributed by atoms with van der Waals surface area (Å²) in [7, 11) is 0. The smallest absolute Gasteiger partial charge is 0.265 e. The first-order chi connectivity index (χ1) is 10.4.